The van der Waals surface area contributed by atoms with Gasteiger partial charge in [0, 0.05) is 6.54 Å². The van der Waals surface area contributed by atoms with E-state index in [1.165, 1.54) is 4.90 Å². The summed E-state index contributed by atoms with van der Waals surface area (Å²) in [7, 11) is 0. The van der Waals surface area contributed by atoms with Crippen LogP contribution in [0, 0.1) is 0 Å². The van der Waals surface area contributed by atoms with Gasteiger partial charge in [-0.05, 0) is 48.9 Å². The molecule has 2 aromatic rings. The van der Waals surface area contributed by atoms with E-state index >= 15 is 0 Å². The standard InChI is InChI=1S/C25H23N3O6/c29-20(34-14-6-5-13-27-21(30)17-8-2-3-9-18(17)22(27)31)15-28-23(32)25(26-24(28)33)12-11-16-7-1-4-10-19(16)25/h1-4,7-10H,5-6,11-15H2,(H,26,33). The molecule has 9 heteroatoms. The number of benzene rings is 2. The summed E-state index contributed by atoms with van der Waals surface area (Å²) in [4.78, 5) is 64.7. The molecule has 1 N–H and O–H groups in total. The second-order valence-corrected chi connectivity index (χ2v) is 8.62. The first-order valence-corrected chi connectivity index (χ1v) is 11.3. The number of carbonyl (C=O) groups excluding carboxylic acids is 5. The molecule has 1 spiro atoms. The van der Waals surface area contributed by atoms with Crippen molar-refractivity contribution in [3.8, 4) is 0 Å². The average molecular weight is 461 g/mol. The molecule has 0 bridgehead atoms. The van der Waals surface area contributed by atoms with Crippen LogP contribution in [-0.2, 0) is 26.3 Å². The number of urea groups is 1. The lowest BCUT2D eigenvalue weighted by Crippen LogP contribution is -2.42. The number of esters is 1. The van der Waals surface area contributed by atoms with Crippen molar-refractivity contribution in [1.82, 2.24) is 15.1 Å². The molecule has 1 atom stereocenters. The van der Waals surface area contributed by atoms with E-state index < -0.39 is 30.0 Å². The number of nitrogens with one attached hydrogen (secondary N) is 1. The zero-order valence-corrected chi connectivity index (χ0v) is 18.4. The summed E-state index contributed by atoms with van der Waals surface area (Å²) in [5, 5.41) is 2.77. The van der Waals surface area contributed by atoms with Crippen molar-refractivity contribution in [2.24, 2.45) is 0 Å². The van der Waals surface area contributed by atoms with Crippen LogP contribution in [0.5, 0.6) is 0 Å². The summed E-state index contributed by atoms with van der Waals surface area (Å²) in [5.74, 6) is -1.77. The first-order chi connectivity index (χ1) is 16.4. The summed E-state index contributed by atoms with van der Waals surface area (Å²) in [5.41, 5.74) is 1.47. The highest BCUT2D eigenvalue weighted by Gasteiger charge is 2.55. The lowest BCUT2D eigenvalue weighted by Gasteiger charge is -2.22. The van der Waals surface area contributed by atoms with Crippen molar-refractivity contribution < 1.29 is 28.7 Å². The van der Waals surface area contributed by atoms with Crippen LogP contribution < -0.4 is 5.32 Å². The number of hydrogen-bond acceptors (Lipinski definition) is 6. The van der Waals surface area contributed by atoms with Crippen molar-refractivity contribution in [2.75, 3.05) is 19.7 Å². The molecule has 2 aromatic carbocycles. The summed E-state index contributed by atoms with van der Waals surface area (Å²) < 4.78 is 5.20. The molecule has 5 rings (SSSR count). The molecule has 174 valence electrons. The fraction of sp³-hybridized carbons (Fsp3) is 0.320. The predicted molar refractivity (Wildman–Crippen MR) is 119 cm³/mol. The normalized spacial score (nSPS) is 20.7. The summed E-state index contributed by atoms with van der Waals surface area (Å²) in [6, 6.07) is 13.6. The van der Waals surface area contributed by atoms with E-state index in [4.69, 9.17) is 4.74 Å². The Hall–Kier alpha value is -4.01. The molecule has 1 fully saturated rings. The van der Waals surface area contributed by atoms with Gasteiger partial charge < -0.3 is 10.1 Å². The van der Waals surface area contributed by atoms with Gasteiger partial charge >= 0.3 is 12.0 Å². The number of fused-ring (bicyclic) bond motifs is 3. The molecule has 0 saturated carbocycles. The Bertz CT molecular complexity index is 1190. The molecule has 1 aliphatic carbocycles. The Morgan fingerprint density at radius 2 is 1.59 bits per heavy atom. The van der Waals surface area contributed by atoms with Gasteiger partial charge in [0.15, 0.2) is 0 Å². The van der Waals surface area contributed by atoms with Crippen molar-refractivity contribution in [1.29, 1.82) is 0 Å². The fourth-order valence-electron chi connectivity index (χ4n) is 4.91. The fourth-order valence-corrected chi connectivity index (χ4v) is 4.91. The SMILES string of the molecule is O=C(CN1C(=O)NC2(CCc3ccccc32)C1=O)OCCCCN1C(=O)c2ccccc2C1=O. The number of carbonyl (C=O) groups is 5. The van der Waals surface area contributed by atoms with Crippen molar-refractivity contribution in [3.63, 3.8) is 0 Å². The highest BCUT2D eigenvalue weighted by Crippen LogP contribution is 2.41. The molecule has 2 heterocycles. The Kier molecular flexibility index (Phi) is 5.39. The maximum absolute atomic E-state index is 13.1. The number of imide groups is 2. The van der Waals surface area contributed by atoms with Crippen LogP contribution in [0.25, 0.3) is 0 Å². The number of rotatable bonds is 7. The van der Waals surface area contributed by atoms with Gasteiger partial charge in [-0.3, -0.25) is 29.0 Å². The first-order valence-electron chi connectivity index (χ1n) is 11.3. The number of hydrogen-bond donors (Lipinski definition) is 1. The zero-order valence-electron chi connectivity index (χ0n) is 18.4. The molecular weight excluding hydrogens is 438 g/mol. The minimum absolute atomic E-state index is 0.0552. The van der Waals surface area contributed by atoms with Crippen LogP contribution in [0.2, 0.25) is 0 Å². The van der Waals surface area contributed by atoms with Gasteiger partial charge in [-0.15, -0.1) is 0 Å². The van der Waals surface area contributed by atoms with Gasteiger partial charge in [0.2, 0.25) is 0 Å². The zero-order chi connectivity index (χ0) is 23.9. The summed E-state index contributed by atoms with van der Waals surface area (Å²) in [6.07, 6.45) is 2.02. The van der Waals surface area contributed by atoms with Crippen LogP contribution in [-0.4, -0.2) is 59.2 Å². The van der Waals surface area contributed by atoms with E-state index in [1.807, 2.05) is 24.3 Å². The van der Waals surface area contributed by atoms with Crippen LogP contribution >= 0.6 is 0 Å². The third-order valence-corrected chi connectivity index (χ3v) is 6.63. The Labute approximate surface area is 195 Å². The van der Waals surface area contributed by atoms with Gasteiger partial charge in [-0.2, -0.15) is 0 Å². The maximum atomic E-state index is 13.1. The lowest BCUT2D eigenvalue weighted by atomic mass is 9.92. The van der Waals surface area contributed by atoms with Crippen LogP contribution in [0.3, 0.4) is 0 Å². The van der Waals surface area contributed by atoms with E-state index in [0.29, 0.717) is 36.8 Å². The number of aryl methyl sites for hydroxylation is 1. The van der Waals surface area contributed by atoms with Gasteiger partial charge in [0.1, 0.15) is 12.1 Å². The smallest absolute Gasteiger partial charge is 0.326 e. The van der Waals surface area contributed by atoms with Crippen LogP contribution in [0.15, 0.2) is 48.5 Å². The quantitative estimate of drug-likeness (QED) is 0.292. The van der Waals surface area contributed by atoms with E-state index in [9.17, 15) is 24.0 Å². The molecule has 1 saturated heterocycles. The topological polar surface area (TPSA) is 113 Å². The minimum atomic E-state index is -1.11. The van der Waals surface area contributed by atoms with Crippen molar-refractivity contribution in [3.05, 3.63) is 70.8 Å². The van der Waals surface area contributed by atoms with Crippen LogP contribution in [0.1, 0.15) is 51.1 Å². The molecule has 0 radical (unpaired) electrons. The second kappa shape index (κ2) is 8.40. The lowest BCUT2D eigenvalue weighted by molar-refractivity contribution is -0.148. The van der Waals surface area contributed by atoms with Gasteiger partial charge in [-0.25, -0.2) is 4.79 Å². The first kappa shape index (κ1) is 21.8. The van der Waals surface area contributed by atoms with Gasteiger partial charge in [-0.1, -0.05) is 36.4 Å². The summed E-state index contributed by atoms with van der Waals surface area (Å²) >= 11 is 0. The predicted octanol–water partition coefficient (Wildman–Crippen LogP) is 2.00. The largest absolute Gasteiger partial charge is 0.464 e. The van der Waals surface area contributed by atoms with Gasteiger partial charge in [0.05, 0.1) is 17.7 Å². The minimum Gasteiger partial charge on any atom is -0.464 e. The molecule has 2 aliphatic heterocycles. The maximum Gasteiger partial charge on any atom is 0.326 e. The molecule has 34 heavy (non-hydrogen) atoms. The Balaban J connectivity index is 1.10. The van der Waals surface area contributed by atoms with E-state index in [2.05, 4.69) is 5.32 Å². The third-order valence-electron chi connectivity index (χ3n) is 6.63. The van der Waals surface area contributed by atoms with Crippen molar-refractivity contribution in [2.45, 2.75) is 31.2 Å². The Morgan fingerprint density at radius 3 is 2.32 bits per heavy atom. The molecule has 0 aromatic heterocycles. The number of amides is 5. The molecule has 1 unspecified atom stereocenters. The van der Waals surface area contributed by atoms with E-state index in [-0.39, 0.29) is 25.0 Å². The van der Waals surface area contributed by atoms with E-state index in [0.717, 1.165) is 16.0 Å². The second-order valence-electron chi connectivity index (χ2n) is 8.62. The van der Waals surface area contributed by atoms with Gasteiger partial charge in [0.25, 0.3) is 17.7 Å². The van der Waals surface area contributed by atoms with Crippen LogP contribution in [0.4, 0.5) is 4.79 Å². The molecule has 5 amide bonds. The average Bonchev–Trinajstić information content (AvgIpc) is 3.41. The third kappa shape index (κ3) is 3.44. The molecule has 9 nitrogen and oxygen atoms in total. The monoisotopic (exact) mass is 461 g/mol. The summed E-state index contributed by atoms with van der Waals surface area (Å²) in [6.45, 7) is -0.189. The number of ether oxygens (including phenoxy) is 1. The molecule has 3 aliphatic rings. The highest BCUT2D eigenvalue weighted by molar-refractivity contribution is 6.21. The van der Waals surface area contributed by atoms with E-state index in [1.54, 1.807) is 24.3 Å². The highest BCUT2D eigenvalue weighted by atomic mass is 16.5. The molecular formula is C25H23N3O6. The number of unbranched alkanes of at least 4 members (excludes halogenated alkanes) is 1. The number of nitrogens with zero attached hydrogens (tertiary/aromatic N) is 2. The Morgan fingerprint density at radius 1 is 0.912 bits per heavy atom. The van der Waals surface area contributed by atoms with Crippen molar-refractivity contribution >= 4 is 29.7 Å².